The molecule has 1 aromatic heterocycles. The van der Waals surface area contributed by atoms with Gasteiger partial charge in [0, 0.05) is 12.8 Å². The molecule has 0 aliphatic heterocycles. The number of aryl methyl sites for hydroxylation is 2. The van der Waals surface area contributed by atoms with E-state index in [0.29, 0.717) is 11.6 Å². The SMILES string of the molecule is CCC(COC)Nc1nc2c(cc1C(N)=S)CCCC2. The lowest BCUT2D eigenvalue weighted by atomic mass is 9.94. The van der Waals surface area contributed by atoms with Crippen molar-refractivity contribution in [3.63, 3.8) is 0 Å². The monoisotopic (exact) mass is 293 g/mol. The molecular formula is C15H23N3OS. The van der Waals surface area contributed by atoms with Crippen LogP contribution >= 0.6 is 12.2 Å². The Labute approximate surface area is 126 Å². The smallest absolute Gasteiger partial charge is 0.136 e. The third kappa shape index (κ3) is 3.46. The number of thiocarbonyl (C=S) groups is 1. The van der Waals surface area contributed by atoms with Crippen molar-refractivity contribution in [1.82, 2.24) is 4.98 Å². The summed E-state index contributed by atoms with van der Waals surface area (Å²) < 4.78 is 5.23. The van der Waals surface area contributed by atoms with E-state index in [1.807, 2.05) is 0 Å². The number of anilines is 1. The minimum atomic E-state index is 0.224. The zero-order chi connectivity index (χ0) is 14.5. The van der Waals surface area contributed by atoms with Gasteiger partial charge in [-0.1, -0.05) is 19.1 Å². The Hall–Kier alpha value is -1.20. The second kappa shape index (κ2) is 6.99. The van der Waals surface area contributed by atoms with Crippen LogP contribution in [0.3, 0.4) is 0 Å². The van der Waals surface area contributed by atoms with Crippen molar-refractivity contribution in [3.8, 4) is 0 Å². The average molecular weight is 293 g/mol. The van der Waals surface area contributed by atoms with Crippen LogP contribution in [0.2, 0.25) is 0 Å². The number of nitrogens with zero attached hydrogens (tertiary/aromatic N) is 1. The Morgan fingerprint density at radius 1 is 1.50 bits per heavy atom. The van der Waals surface area contributed by atoms with E-state index in [4.69, 9.17) is 27.7 Å². The van der Waals surface area contributed by atoms with Crippen LogP contribution in [0.4, 0.5) is 5.82 Å². The molecule has 0 saturated heterocycles. The van der Waals surface area contributed by atoms with Crippen molar-refractivity contribution in [2.45, 2.75) is 45.1 Å². The van der Waals surface area contributed by atoms with Gasteiger partial charge in [-0.3, -0.25) is 0 Å². The lowest BCUT2D eigenvalue weighted by Gasteiger charge is -2.22. The zero-order valence-corrected chi connectivity index (χ0v) is 13.1. The van der Waals surface area contributed by atoms with Crippen LogP contribution < -0.4 is 11.1 Å². The molecule has 0 aromatic carbocycles. The third-order valence-electron chi connectivity index (χ3n) is 3.77. The number of nitrogens with one attached hydrogen (secondary N) is 1. The van der Waals surface area contributed by atoms with Crippen LogP contribution in [-0.2, 0) is 17.6 Å². The number of aromatic nitrogens is 1. The molecule has 1 aromatic rings. The molecule has 20 heavy (non-hydrogen) atoms. The number of hydrogen-bond acceptors (Lipinski definition) is 4. The maximum atomic E-state index is 5.86. The van der Waals surface area contributed by atoms with Gasteiger partial charge in [0.05, 0.1) is 18.2 Å². The van der Waals surface area contributed by atoms with Crippen LogP contribution in [0, 0.1) is 0 Å². The first-order valence-corrected chi connectivity index (χ1v) is 7.64. The van der Waals surface area contributed by atoms with Gasteiger partial charge in [0.1, 0.15) is 10.8 Å². The van der Waals surface area contributed by atoms with E-state index in [1.54, 1.807) is 7.11 Å². The summed E-state index contributed by atoms with van der Waals surface area (Å²) in [7, 11) is 1.71. The first-order chi connectivity index (χ1) is 9.65. The summed E-state index contributed by atoms with van der Waals surface area (Å²) in [5.41, 5.74) is 9.20. The summed E-state index contributed by atoms with van der Waals surface area (Å²) in [6.45, 7) is 2.77. The highest BCUT2D eigenvalue weighted by molar-refractivity contribution is 7.80. The second-order valence-corrected chi connectivity index (χ2v) is 5.71. The molecule has 1 aliphatic rings. The number of methoxy groups -OCH3 is 1. The van der Waals surface area contributed by atoms with Gasteiger partial charge in [0.2, 0.25) is 0 Å². The Bertz CT molecular complexity index is 490. The molecule has 1 aliphatic carbocycles. The fourth-order valence-corrected chi connectivity index (χ4v) is 2.74. The molecule has 0 amide bonds. The van der Waals surface area contributed by atoms with Gasteiger partial charge in [-0.15, -0.1) is 0 Å². The Morgan fingerprint density at radius 2 is 2.25 bits per heavy atom. The summed E-state index contributed by atoms with van der Waals surface area (Å²) in [4.78, 5) is 5.17. The molecule has 4 nitrogen and oxygen atoms in total. The maximum absolute atomic E-state index is 5.86. The van der Waals surface area contributed by atoms with Crippen LogP contribution in [0.1, 0.15) is 43.0 Å². The van der Waals surface area contributed by atoms with E-state index in [1.165, 1.54) is 24.1 Å². The lowest BCUT2D eigenvalue weighted by Crippen LogP contribution is -2.27. The molecule has 3 N–H and O–H groups in total. The van der Waals surface area contributed by atoms with Gasteiger partial charge in [-0.05, 0) is 43.7 Å². The van der Waals surface area contributed by atoms with Crippen molar-refractivity contribution < 1.29 is 4.74 Å². The highest BCUT2D eigenvalue weighted by Gasteiger charge is 2.18. The van der Waals surface area contributed by atoms with Gasteiger partial charge >= 0.3 is 0 Å². The molecule has 2 rings (SSSR count). The highest BCUT2D eigenvalue weighted by atomic mass is 32.1. The first-order valence-electron chi connectivity index (χ1n) is 7.23. The van der Waals surface area contributed by atoms with Crippen LogP contribution in [0.5, 0.6) is 0 Å². The van der Waals surface area contributed by atoms with Gasteiger partial charge in [0.25, 0.3) is 0 Å². The number of pyridine rings is 1. The van der Waals surface area contributed by atoms with Gasteiger partial charge in [-0.25, -0.2) is 4.98 Å². The Balaban J connectivity index is 2.31. The van der Waals surface area contributed by atoms with Crippen LogP contribution in [0.15, 0.2) is 6.07 Å². The fourth-order valence-electron chi connectivity index (χ4n) is 2.59. The van der Waals surface area contributed by atoms with E-state index < -0.39 is 0 Å². The predicted molar refractivity (Wildman–Crippen MR) is 86.3 cm³/mol. The minimum absolute atomic E-state index is 0.224. The Morgan fingerprint density at radius 3 is 2.90 bits per heavy atom. The topological polar surface area (TPSA) is 60.2 Å². The largest absolute Gasteiger partial charge is 0.389 e. The molecule has 0 bridgehead atoms. The molecule has 0 spiro atoms. The average Bonchev–Trinajstić information content (AvgIpc) is 2.45. The molecule has 0 fully saturated rings. The number of nitrogens with two attached hydrogens (primary N) is 1. The van der Waals surface area contributed by atoms with Crippen molar-refractivity contribution in [3.05, 3.63) is 22.9 Å². The number of rotatable bonds is 6. The van der Waals surface area contributed by atoms with Crippen molar-refractivity contribution in [2.24, 2.45) is 5.73 Å². The second-order valence-electron chi connectivity index (χ2n) is 5.27. The fraction of sp³-hybridized carbons (Fsp3) is 0.600. The first kappa shape index (κ1) is 15.2. The molecule has 1 atom stereocenters. The molecule has 1 unspecified atom stereocenters. The summed E-state index contributed by atoms with van der Waals surface area (Å²) in [5, 5.41) is 3.43. The van der Waals surface area contributed by atoms with Crippen molar-refractivity contribution in [1.29, 1.82) is 0 Å². The molecule has 0 radical (unpaired) electrons. The molecule has 0 saturated carbocycles. The van der Waals surface area contributed by atoms with Gasteiger partial charge in [-0.2, -0.15) is 0 Å². The molecule has 110 valence electrons. The lowest BCUT2D eigenvalue weighted by molar-refractivity contribution is 0.184. The summed E-state index contributed by atoms with van der Waals surface area (Å²) >= 11 is 5.17. The number of fused-ring (bicyclic) bond motifs is 1. The summed E-state index contributed by atoms with van der Waals surface area (Å²) in [6.07, 6.45) is 5.51. The zero-order valence-electron chi connectivity index (χ0n) is 12.2. The van der Waals surface area contributed by atoms with E-state index in [0.717, 1.165) is 30.6 Å². The number of ether oxygens (including phenoxy) is 1. The normalized spacial score (nSPS) is 15.5. The quantitative estimate of drug-likeness (QED) is 0.789. The third-order valence-corrected chi connectivity index (χ3v) is 3.99. The number of hydrogen-bond donors (Lipinski definition) is 2. The molecular weight excluding hydrogens is 270 g/mol. The summed E-state index contributed by atoms with van der Waals surface area (Å²) in [6, 6.07) is 2.34. The van der Waals surface area contributed by atoms with Crippen molar-refractivity contribution >= 4 is 23.0 Å². The van der Waals surface area contributed by atoms with Gasteiger partial charge in [0.15, 0.2) is 0 Å². The van der Waals surface area contributed by atoms with Gasteiger partial charge < -0.3 is 15.8 Å². The van der Waals surface area contributed by atoms with Crippen LogP contribution in [0.25, 0.3) is 0 Å². The van der Waals surface area contributed by atoms with E-state index in [-0.39, 0.29) is 6.04 Å². The van der Waals surface area contributed by atoms with Crippen LogP contribution in [-0.4, -0.2) is 29.7 Å². The highest BCUT2D eigenvalue weighted by Crippen LogP contribution is 2.25. The van der Waals surface area contributed by atoms with E-state index in [9.17, 15) is 0 Å². The maximum Gasteiger partial charge on any atom is 0.136 e. The molecule has 1 heterocycles. The minimum Gasteiger partial charge on any atom is -0.389 e. The standard InChI is InChI=1S/C15H23N3OS/c1-3-11(9-19-2)17-15-12(14(16)20)8-10-6-4-5-7-13(10)18-15/h8,11H,3-7,9H2,1-2H3,(H2,16,20)(H,17,18). The Kier molecular flexibility index (Phi) is 5.31. The summed E-state index contributed by atoms with van der Waals surface area (Å²) in [5.74, 6) is 0.807. The molecule has 5 heteroatoms. The van der Waals surface area contributed by atoms with E-state index in [2.05, 4.69) is 18.3 Å². The van der Waals surface area contributed by atoms with E-state index >= 15 is 0 Å². The van der Waals surface area contributed by atoms with Crippen molar-refractivity contribution in [2.75, 3.05) is 19.0 Å². The predicted octanol–water partition coefficient (Wildman–Crippen LogP) is 2.43.